The second-order valence-electron chi connectivity index (χ2n) is 6.79. The Morgan fingerprint density at radius 1 is 1.00 bits per heavy atom. The van der Waals surface area contributed by atoms with Gasteiger partial charge in [0.15, 0.2) is 0 Å². The maximum absolute atomic E-state index is 13.5. The van der Waals surface area contributed by atoms with Crippen LogP contribution < -0.4 is 15.4 Å². The summed E-state index contributed by atoms with van der Waals surface area (Å²) in [7, 11) is 0. The summed E-state index contributed by atoms with van der Waals surface area (Å²) in [4.78, 5) is 7.88. The Bertz CT molecular complexity index is 997. The van der Waals surface area contributed by atoms with Crippen molar-refractivity contribution >= 4 is 39.1 Å². The fourth-order valence-corrected chi connectivity index (χ4v) is 3.01. The molecule has 31 heavy (non-hydrogen) atoms. The van der Waals surface area contributed by atoms with Crippen LogP contribution in [0.15, 0.2) is 59.2 Å². The molecule has 2 aromatic carbocycles. The minimum absolute atomic E-state index is 0.0461. The van der Waals surface area contributed by atoms with Crippen LogP contribution in [0.3, 0.4) is 0 Å². The van der Waals surface area contributed by atoms with Gasteiger partial charge in [-0.3, -0.25) is 0 Å². The van der Waals surface area contributed by atoms with Gasteiger partial charge < -0.3 is 15.4 Å². The first kappa shape index (κ1) is 22.9. The fourth-order valence-electron chi connectivity index (χ4n) is 2.75. The summed E-state index contributed by atoms with van der Waals surface area (Å²) in [5.74, 6) is 0.284. The molecule has 1 heterocycles. The van der Waals surface area contributed by atoms with Gasteiger partial charge in [-0.05, 0) is 42.8 Å². The summed E-state index contributed by atoms with van der Waals surface area (Å²) in [6, 6.07) is 13.9. The molecule has 0 radical (unpaired) electrons. The Kier molecular flexibility index (Phi) is 7.73. The minimum Gasteiger partial charge on any atom is -0.494 e. The fraction of sp³-hybridized carbons (Fsp3) is 0.273. The van der Waals surface area contributed by atoms with Crippen LogP contribution >= 0.6 is 15.9 Å². The van der Waals surface area contributed by atoms with Crippen LogP contribution in [0.4, 0.5) is 36.3 Å². The molecule has 2 N–H and O–H groups in total. The smallest absolute Gasteiger partial charge is 0.421 e. The maximum atomic E-state index is 13.5. The first-order valence-corrected chi connectivity index (χ1v) is 10.6. The summed E-state index contributed by atoms with van der Waals surface area (Å²) < 4.78 is 47.1. The molecule has 0 atom stereocenters. The molecule has 9 heteroatoms. The van der Waals surface area contributed by atoms with Gasteiger partial charge in [0.25, 0.3) is 0 Å². The van der Waals surface area contributed by atoms with E-state index in [2.05, 4.69) is 43.5 Å². The molecular weight excluding hydrogens is 473 g/mol. The van der Waals surface area contributed by atoms with Gasteiger partial charge in [0.2, 0.25) is 5.95 Å². The van der Waals surface area contributed by atoms with E-state index in [1.807, 2.05) is 0 Å². The number of ether oxygens (including phenoxy) is 1. The molecule has 0 aliphatic carbocycles. The Labute approximate surface area is 187 Å². The van der Waals surface area contributed by atoms with E-state index >= 15 is 0 Å². The van der Waals surface area contributed by atoms with Gasteiger partial charge in [0.05, 0.1) is 6.61 Å². The van der Waals surface area contributed by atoms with E-state index in [0.717, 1.165) is 29.9 Å². The van der Waals surface area contributed by atoms with Crippen molar-refractivity contribution in [1.29, 1.82) is 0 Å². The van der Waals surface area contributed by atoms with Crippen molar-refractivity contribution in [3.8, 4) is 5.75 Å². The Morgan fingerprint density at radius 3 is 2.48 bits per heavy atom. The molecule has 0 spiro atoms. The van der Waals surface area contributed by atoms with E-state index in [9.17, 15) is 13.2 Å². The van der Waals surface area contributed by atoms with Gasteiger partial charge in [-0.1, -0.05) is 41.8 Å². The quantitative estimate of drug-likeness (QED) is 0.305. The molecule has 0 unspecified atom stereocenters. The molecule has 0 aliphatic rings. The monoisotopic (exact) mass is 494 g/mol. The van der Waals surface area contributed by atoms with Crippen molar-refractivity contribution in [2.75, 3.05) is 17.2 Å². The molecule has 0 amide bonds. The lowest BCUT2D eigenvalue weighted by molar-refractivity contribution is -0.137. The van der Waals surface area contributed by atoms with Crippen molar-refractivity contribution in [1.82, 2.24) is 9.97 Å². The second kappa shape index (κ2) is 10.5. The number of unbranched alkanes of at least 4 members (excludes halogenated alkanes) is 2. The van der Waals surface area contributed by atoms with Crippen molar-refractivity contribution in [2.24, 2.45) is 0 Å². The number of benzene rings is 2. The number of aromatic nitrogens is 2. The minimum atomic E-state index is -4.60. The third-order valence-corrected chi connectivity index (χ3v) is 4.84. The largest absolute Gasteiger partial charge is 0.494 e. The molecule has 164 valence electrons. The molecule has 0 aliphatic heterocycles. The third-order valence-electron chi connectivity index (χ3n) is 4.31. The van der Waals surface area contributed by atoms with Gasteiger partial charge in [-0.2, -0.15) is 18.2 Å². The van der Waals surface area contributed by atoms with Gasteiger partial charge in [-0.25, -0.2) is 4.98 Å². The number of hydrogen-bond donors (Lipinski definition) is 2. The zero-order chi connectivity index (χ0) is 22.3. The van der Waals surface area contributed by atoms with Crippen LogP contribution in [0.2, 0.25) is 0 Å². The predicted octanol–water partition coefficient (Wildman–Crippen LogP) is 7.31. The number of rotatable bonds is 9. The number of halogens is 4. The van der Waals surface area contributed by atoms with Crippen LogP contribution in [0.5, 0.6) is 5.75 Å². The third kappa shape index (κ3) is 6.85. The zero-order valence-electron chi connectivity index (χ0n) is 16.8. The summed E-state index contributed by atoms with van der Waals surface area (Å²) in [6.07, 6.45) is -0.783. The first-order chi connectivity index (χ1) is 14.8. The maximum Gasteiger partial charge on any atom is 0.421 e. The Morgan fingerprint density at radius 2 is 1.77 bits per heavy atom. The molecule has 3 rings (SSSR count). The topological polar surface area (TPSA) is 59.1 Å². The summed E-state index contributed by atoms with van der Waals surface area (Å²) in [5, 5.41) is 5.67. The van der Waals surface area contributed by atoms with Crippen molar-refractivity contribution in [3.05, 3.63) is 64.8 Å². The van der Waals surface area contributed by atoms with Crippen molar-refractivity contribution in [2.45, 2.75) is 32.4 Å². The van der Waals surface area contributed by atoms with E-state index in [-0.39, 0.29) is 11.8 Å². The molecule has 0 saturated heterocycles. The average Bonchev–Trinajstić information content (AvgIpc) is 2.73. The van der Waals surface area contributed by atoms with Crippen molar-refractivity contribution in [3.63, 3.8) is 0 Å². The molecular formula is C22H22BrF3N4O. The van der Waals surface area contributed by atoms with E-state index in [4.69, 9.17) is 4.74 Å². The molecule has 0 fully saturated rings. The highest BCUT2D eigenvalue weighted by atomic mass is 79.9. The number of anilines is 4. The van der Waals surface area contributed by atoms with E-state index in [1.54, 1.807) is 48.5 Å². The van der Waals surface area contributed by atoms with Crippen molar-refractivity contribution < 1.29 is 17.9 Å². The zero-order valence-corrected chi connectivity index (χ0v) is 18.4. The molecule has 5 nitrogen and oxygen atoms in total. The lowest BCUT2D eigenvalue weighted by Gasteiger charge is -2.15. The molecule has 1 aromatic heterocycles. The van der Waals surface area contributed by atoms with Crippen LogP contribution in [0.1, 0.15) is 31.7 Å². The number of nitrogens with one attached hydrogen (secondary N) is 2. The van der Waals surface area contributed by atoms with Gasteiger partial charge in [-0.15, -0.1) is 0 Å². The first-order valence-electron chi connectivity index (χ1n) is 9.82. The van der Waals surface area contributed by atoms with Crippen LogP contribution in [0.25, 0.3) is 0 Å². The van der Waals surface area contributed by atoms with Crippen LogP contribution in [-0.4, -0.2) is 16.6 Å². The van der Waals surface area contributed by atoms with E-state index in [1.165, 1.54) is 0 Å². The van der Waals surface area contributed by atoms with E-state index < -0.39 is 11.7 Å². The molecule has 0 saturated carbocycles. The average molecular weight is 495 g/mol. The lowest BCUT2D eigenvalue weighted by Crippen LogP contribution is -2.12. The number of alkyl halides is 3. The van der Waals surface area contributed by atoms with Gasteiger partial charge >= 0.3 is 6.18 Å². The van der Waals surface area contributed by atoms with Crippen LogP contribution in [-0.2, 0) is 6.18 Å². The summed E-state index contributed by atoms with van der Waals surface area (Å²) in [5.41, 5.74) is 0.131. The predicted molar refractivity (Wildman–Crippen MR) is 119 cm³/mol. The summed E-state index contributed by atoms with van der Waals surface area (Å²) in [6.45, 7) is 2.66. The standard InChI is InChI=1S/C22H22BrF3N4O/c1-2-3-4-12-31-18-7-5-6-17(13-18)28-20-19(22(24,25)26)14-27-21(30-20)29-16-10-8-15(23)9-11-16/h5-11,13-14H,2-4,12H2,1H3,(H2,27,28,29,30). The SMILES string of the molecule is CCCCCOc1cccc(Nc2nc(Nc3ccc(Br)cc3)ncc2C(F)(F)F)c1. The lowest BCUT2D eigenvalue weighted by atomic mass is 10.2. The van der Waals surface area contributed by atoms with Gasteiger partial charge in [0, 0.05) is 28.1 Å². The molecule has 3 aromatic rings. The summed E-state index contributed by atoms with van der Waals surface area (Å²) >= 11 is 3.34. The van der Waals surface area contributed by atoms with E-state index in [0.29, 0.717) is 23.7 Å². The number of hydrogen-bond acceptors (Lipinski definition) is 5. The second-order valence-corrected chi connectivity index (χ2v) is 7.71. The highest BCUT2D eigenvalue weighted by Gasteiger charge is 2.35. The number of nitrogens with zero attached hydrogens (tertiary/aromatic N) is 2. The normalized spacial score (nSPS) is 11.3. The highest BCUT2D eigenvalue weighted by Crippen LogP contribution is 2.35. The Balaban J connectivity index is 1.82. The van der Waals surface area contributed by atoms with Crippen LogP contribution in [0, 0.1) is 0 Å². The molecule has 0 bridgehead atoms. The van der Waals surface area contributed by atoms with Gasteiger partial charge in [0.1, 0.15) is 17.1 Å². The highest BCUT2D eigenvalue weighted by molar-refractivity contribution is 9.10. The Hall–Kier alpha value is -2.81.